The average molecular weight is 439 g/mol. The van der Waals surface area contributed by atoms with Crippen LogP contribution in [0, 0.1) is 6.92 Å². The van der Waals surface area contributed by atoms with Gasteiger partial charge in [0.1, 0.15) is 17.2 Å². The maximum atomic E-state index is 10.4. The number of anilines is 1. The zero-order valence-electron chi connectivity index (χ0n) is 18.5. The van der Waals surface area contributed by atoms with E-state index in [2.05, 4.69) is 79.7 Å². The standard InChI is InChI=1S/C18H23N2.C7H8O3S/c1-4-20(5-2)18-10-8-16(9-11-18)6-7-17-12-14-19(3)15-13-17;1-6-2-4-7(5-3-6)11(8,9)10/h6-15H,4-5H2,1-3H3;2-5H,1H3,(H,8,9,10)/q+1;/p-1. The van der Waals surface area contributed by atoms with E-state index in [-0.39, 0.29) is 4.90 Å². The minimum atomic E-state index is -4.27. The molecule has 0 fully saturated rings. The molecule has 0 N–H and O–H groups in total. The highest BCUT2D eigenvalue weighted by Crippen LogP contribution is 2.16. The molecule has 164 valence electrons. The van der Waals surface area contributed by atoms with Gasteiger partial charge >= 0.3 is 0 Å². The highest BCUT2D eigenvalue weighted by atomic mass is 32.2. The van der Waals surface area contributed by atoms with Gasteiger partial charge in [-0.15, -0.1) is 0 Å². The van der Waals surface area contributed by atoms with Crippen molar-refractivity contribution >= 4 is 28.0 Å². The average Bonchev–Trinajstić information content (AvgIpc) is 2.75. The Kier molecular flexibility index (Phi) is 8.97. The molecule has 0 bridgehead atoms. The maximum Gasteiger partial charge on any atom is 0.169 e. The first-order valence-electron chi connectivity index (χ1n) is 10.2. The number of rotatable bonds is 6. The van der Waals surface area contributed by atoms with Crippen LogP contribution in [-0.4, -0.2) is 26.1 Å². The summed E-state index contributed by atoms with van der Waals surface area (Å²) in [6.45, 7) is 8.29. The van der Waals surface area contributed by atoms with Gasteiger partial charge < -0.3 is 9.45 Å². The topological polar surface area (TPSA) is 64.3 Å². The van der Waals surface area contributed by atoms with Crippen LogP contribution < -0.4 is 9.47 Å². The quantitative estimate of drug-likeness (QED) is 0.422. The summed E-state index contributed by atoms with van der Waals surface area (Å²) >= 11 is 0. The van der Waals surface area contributed by atoms with Gasteiger partial charge in [0, 0.05) is 30.9 Å². The van der Waals surface area contributed by atoms with Gasteiger partial charge in [-0.05, 0) is 56.2 Å². The summed E-state index contributed by atoms with van der Waals surface area (Å²) in [5.74, 6) is 0. The maximum absolute atomic E-state index is 10.4. The molecule has 31 heavy (non-hydrogen) atoms. The van der Waals surface area contributed by atoms with E-state index >= 15 is 0 Å². The normalized spacial score (nSPS) is 11.1. The summed E-state index contributed by atoms with van der Waals surface area (Å²) in [5.41, 5.74) is 4.67. The lowest BCUT2D eigenvalue weighted by Crippen LogP contribution is -2.25. The van der Waals surface area contributed by atoms with Crippen molar-refractivity contribution in [1.82, 2.24) is 0 Å². The van der Waals surface area contributed by atoms with Crippen molar-refractivity contribution in [3.05, 3.63) is 89.7 Å². The monoisotopic (exact) mass is 438 g/mol. The van der Waals surface area contributed by atoms with Crippen LogP contribution in [0.3, 0.4) is 0 Å². The minimum absolute atomic E-state index is 0.178. The van der Waals surface area contributed by atoms with Crippen LogP contribution in [-0.2, 0) is 17.2 Å². The van der Waals surface area contributed by atoms with Gasteiger partial charge in [-0.25, -0.2) is 13.0 Å². The van der Waals surface area contributed by atoms with Crippen molar-refractivity contribution in [1.29, 1.82) is 0 Å². The Labute approximate surface area is 186 Å². The van der Waals surface area contributed by atoms with Crippen molar-refractivity contribution in [3.63, 3.8) is 0 Å². The Bertz CT molecular complexity index is 1070. The van der Waals surface area contributed by atoms with E-state index in [0.717, 1.165) is 18.7 Å². The Morgan fingerprint density at radius 2 is 1.32 bits per heavy atom. The van der Waals surface area contributed by atoms with Crippen molar-refractivity contribution < 1.29 is 17.5 Å². The van der Waals surface area contributed by atoms with Crippen LogP contribution in [0.1, 0.15) is 30.5 Å². The van der Waals surface area contributed by atoms with Crippen LogP contribution in [0.5, 0.6) is 0 Å². The lowest BCUT2D eigenvalue weighted by molar-refractivity contribution is -0.671. The molecule has 1 heterocycles. The van der Waals surface area contributed by atoms with Gasteiger partial charge in [0.15, 0.2) is 12.4 Å². The SMILES string of the molecule is CCN(CC)c1ccc(/C=C/c2cc[n+](C)cc2)cc1.Cc1ccc(S(=O)(=O)[O-])cc1. The van der Waals surface area contributed by atoms with Crippen LogP contribution in [0.25, 0.3) is 12.2 Å². The van der Waals surface area contributed by atoms with Crippen LogP contribution in [0.2, 0.25) is 0 Å². The van der Waals surface area contributed by atoms with Crippen molar-refractivity contribution in [2.45, 2.75) is 25.7 Å². The molecular weight excluding hydrogens is 408 g/mol. The molecule has 3 rings (SSSR count). The second-order valence-corrected chi connectivity index (χ2v) is 8.54. The third kappa shape index (κ3) is 8.00. The predicted octanol–water partition coefficient (Wildman–Crippen LogP) is 4.43. The molecule has 1 aromatic heterocycles. The number of pyridine rings is 1. The molecule has 0 amide bonds. The van der Waals surface area contributed by atoms with Gasteiger partial charge in [0.2, 0.25) is 0 Å². The lowest BCUT2D eigenvalue weighted by atomic mass is 10.1. The van der Waals surface area contributed by atoms with E-state index in [1.807, 2.05) is 18.5 Å². The third-order valence-electron chi connectivity index (χ3n) is 4.80. The number of hydrogen-bond donors (Lipinski definition) is 0. The summed E-state index contributed by atoms with van der Waals surface area (Å²) in [4.78, 5) is 2.17. The number of aromatic nitrogens is 1. The molecule has 0 spiro atoms. The molecule has 0 aliphatic rings. The van der Waals surface area contributed by atoms with Gasteiger partial charge in [0.25, 0.3) is 0 Å². The zero-order chi connectivity index (χ0) is 22.9. The summed E-state index contributed by atoms with van der Waals surface area (Å²) < 4.78 is 33.2. The lowest BCUT2D eigenvalue weighted by Gasteiger charge is -2.20. The van der Waals surface area contributed by atoms with E-state index in [4.69, 9.17) is 0 Å². The van der Waals surface area contributed by atoms with E-state index < -0.39 is 10.1 Å². The number of nitrogens with zero attached hydrogens (tertiary/aromatic N) is 2. The minimum Gasteiger partial charge on any atom is -0.744 e. The Morgan fingerprint density at radius 1 is 0.839 bits per heavy atom. The van der Waals surface area contributed by atoms with Gasteiger partial charge in [-0.1, -0.05) is 42.0 Å². The fraction of sp³-hybridized carbons (Fsp3) is 0.240. The van der Waals surface area contributed by atoms with E-state index in [1.165, 1.54) is 28.9 Å². The first-order valence-corrected chi connectivity index (χ1v) is 11.6. The highest BCUT2D eigenvalue weighted by molar-refractivity contribution is 7.85. The van der Waals surface area contributed by atoms with Crippen LogP contribution >= 0.6 is 0 Å². The largest absolute Gasteiger partial charge is 0.744 e. The molecule has 6 heteroatoms. The van der Waals surface area contributed by atoms with E-state index in [1.54, 1.807) is 12.1 Å². The summed E-state index contributed by atoms with van der Waals surface area (Å²) in [6, 6.07) is 18.7. The van der Waals surface area contributed by atoms with Crippen molar-refractivity contribution in [2.24, 2.45) is 7.05 Å². The highest BCUT2D eigenvalue weighted by Gasteiger charge is 2.00. The Balaban J connectivity index is 0.000000262. The van der Waals surface area contributed by atoms with Gasteiger partial charge in [-0.2, -0.15) is 0 Å². The van der Waals surface area contributed by atoms with E-state index in [9.17, 15) is 13.0 Å². The molecule has 0 saturated carbocycles. The predicted molar refractivity (Wildman–Crippen MR) is 126 cm³/mol. The van der Waals surface area contributed by atoms with E-state index in [0.29, 0.717) is 0 Å². The molecule has 3 aromatic rings. The summed E-state index contributed by atoms with van der Waals surface area (Å²) in [7, 11) is -2.24. The summed E-state index contributed by atoms with van der Waals surface area (Å²) in [6.07, 6.45) is 8.42. The first-order chi connectivity index (χ1) is 14.7. The second-order valence-electron chi connectivity index (χ2n) is 7.16. The molecule has 0 atom stereocenters. The van der Waals surface area contributed by atoms with Crippen LogP contribution in [0.4, 0.5) is 5.69 Å². The van der Waals surface area contributed by atoms with Crippen molar-refractivity contribution in [3.8, 4) is 0 Å². The molecule has 0 radical (unpaired) electrons. The third-order valence-corrected chi connectivity index (χ3v) is 5.65. The van der Waals surface area contributed by atoms with Gasteiger partial charge in [0.05, 0.1) is 4.90 Å². The molecule has 0 unspecified atom stereocenters. The smallest absolute Gasteiger partial charge is 0.169 e. The number of aryl methyl sites for hydroxylation is 2. The zero-order valence-corrected chi connectivity index (χ0v) is 19.3. The first kappa shape index (κ1) is 24.3. The molecule has 5 nitrogen and oxygen atoms in total. The molecule has 2 aromatic carbocycles. The fourth-order valence-electron chi connectivity index (χ4n) is 2.91. The number of benzene rings is 2. The summed E-state index contributed by atoms with van der Waals surface area (Å²) in [5, 5.41) is 0. The fourth-order valence-corrected chi connectivity index (χ4v) is 3.38. The molecule has 0 aliphatic carbocycles. The molecule has 0 saturated heterocycles. The van der Waals surface area contributed by atoms with Crippen LogP contribution in [0.15, 0.2) is 78.0 Å². The Hall–Kier alpha value is -2.96. The molecule has 0 aliphatic heterocycles. The Morgan fingerprint density at radius 3 is 1.77 bits per heavy atom. The second kappa shape index (κ2) is 11.4. The number of hydrogen-bond acceptors (Lipinski definition) is 4. The van der Waals surface area contributed by atoms with Gasteiger partial charge in [-0.3, -0.25) is 0 Å². The van der Waals surface area contributed by atoms with Crippen molar-refractivity contribution in [2.75, 3.05) is 18.0 Å². The molecular formula is C25H30N2O3S.